The number of carbonyl (C=O) groups excluding carboxylic acids is 1. The first kappa shape index (κ1) is 17.0. The van der Waals surface area contributed by atoms with E-state index in [9.17, 15) is 18.0 Å². The lowest BCUT2D eigenvalue weighted by atomic mass is 10.1. The lowest BCUT2D eigenvalue weighted by molar-refractivity contribution is -0.120. The second-order valence-electron chi connectivity index (χ2n) is 5.17. The molecule has 0 bridgehead atoms. The predicted octanol–water partition coefficient (Wildman–Crippen LogP) is 3.07. The highest BCUT2D eigenvalue weighted by Gasteiger charge is 2.12. The first-order chi connectivity index (χ1) is 11.0. The summed E-state index contributed by atoms with van der Waals surface area (Å²) in [5.74, 6) is -1.91. The molecule has 0 aliphatic heterocycles. The van der Waals surface area contributed by atoms with Gasteiger partial charge in [0, 0.05) is 24.2 Å². The van der Waals surface area contributed by atoms with Gasteiger partial charge < -0.3 is 10.6 Å². The molecule has 0 fully saturated rings. The van der Waals surface area contributed by atoms with Crippen LogP contribution in [0.4, 0.5) is 13.2 Å². The van der Waals surface area contributed by atoms with Crippen LogP contribution in [0.5, 0.6) is 0 Å². The van der Waals surface area contributed by atoms with Crippen molar-refractivity contribution in [3.63, 3.8) is 0 Å². The Morgan fingerprint density at radius 3 is 2.35 bits per heavy atom. The summed E-state index contributed by atoms with van der Waals surface area (Å²) in [4.78, 5) is 11.8. The molecule has 0 aromatic heterocycles. The van der Waals surface area contributed by atoms with Gasteiger partial charge in [0.25, 0.3) is 0 Å². The van der Waals surface area contributed by atoms with Crippen LogP contribution in [0.2, 0.25) is 0 Å². The number of hydrogen-bond donors (Lipinski definition) is 2. The number of nitrogens with one attached hydrogen (secondary N) is 2. The molecule has 23 heavy (non-hydrogen) atoms. The molecule has 6 heteroatoms. The zero-order valence-corrected chi connectivity index (χ0v) is 12.6. The van der Waals surface area contributed by atoms with Crippen LogP contribution >= 0.6 is 0 Å². The maximum Gasteiger partial charge on any atom is 0.234 e. The van der Waals surface area contributed by atoms with Crippen molar-refractivity contribution in [3.05, 3.63) is 71.0 Å². The van der Waals surface area contributed by atoms with Gasteiger partial charge in [0.1, 0.15) is 17.5 Å². The monoisotopic (exact) mass is 322 g/mol. The van der Waals surface area contributed by atoms with Gasteiger partial charge in [-0.2, -0.15) is 0 Å². The summed E-state index contributed by atoms with van der Waals surface area (Å²) in [6, 6.07) is 8.69. The van der Waals surface area contributed by atoms with Crippen molar-refractivity contribution in [1.29, 1.82) is 0 Å². The first-order valence-electron chi connectivity index (χ1n) is 7.15. The highest BCUT2D eigenvalue weighted by atomic mass is 19.1. The minimum atomic E-state index is -0.656. The highest BCUT2D eigenvalue weighted by Crippen LogP contribution is 2.17. The van der Waals surface area contributed by atoms with E-state index < -0.39 is 17.7 Å². The lowest BCUT2D eigenvalue weighted by Gasteiger charge is -2.15. The van der Waals surface area contributed by atoms with Crippen LogP contribution in [0.25, 0.3) is 0 Å². The van der Waals surface area contributed by atoms with Crippen LogP contribution in [0.1, 0.15) is 24.1 Å². The van der Waals surface area contributed by atoms with Crippen LogP contribution in [0.3, 0.4) is 0 Å². The summed E-state index contributed by atoms with van der Waals surface area (Å²) in [7, 11) is 0. The van der Waals surface area contributed by atoms with Crippen LogP contribution in [-0.2, 0) is 11.3 Å². The molecule has 0 saturated carbocycles. The Kier molecular flexibility index (Phi) is 5.76. The van der Waals surface area contributed by atoms with Crippen molar-refractivity contribution in [2.75, 3.05) is 6.54 Å². The van der Waals surface area contributed by atoms with Gasteiger partial charge in [0.15, 0.2) is 0 Å². The largest absolute Gasteiger partial charge is 0.351 e. The van der Waals surface area contributed by atoms with Crippen molar-refractivity contribution >= 4 is 5.91 Å². The zero-order chi connectivity index (χ0) is 16.8. The van der Waals surface area contributed by atoms with E-state index in [-0.39, 0.29) is 30.4 Å². The molecule has 122 valence electrons. The van der Waals surface area contributed by atoms with E-state index in [1.807, 2.05) is 0 Å². The van der Waals surface area contributed by atoms with Gasteiger partial charge in [-0.05, 0) is 30.7 Å². The van der Waals surface area contributed by atoms with E-state index >= 15 is 0 Å². The maximum absolute atomic E-state index is 13.6. The van der Waals surface area contributed by atoms with Crippen molar-refractivity contribution in [2.45, 2.75) is 19.5 Å². The topological polar surface area (TPSA) is 41.1 Å². The van der Waals surface area contributed by atoms with Gasteiger partial charge in [-0.25, -0.2) is 13.2 Å². The van der Waals surface area contributed by atoms with Crippen LogP contribution in [-0.4, -0.2) is 12.5 Å². The molecule has 0 aliphatic carbocycles. The van der Waals surface area contributed by atoms with Gasteiger partial charge in [-0.1, -0.05) is 18.2 Å². The van der Waals surface area contributed by atoms with Crippen molar-refractivity contribution < 1.29 is 18.0 Å². The van der Waals surface area contributed by atoms with E-state index in [4.69, 9.17) is 0 Å². The standard InChI is InChI=1S/C17H17F3N2O/c1-11(15-7-6-14(19)8-16(15)20)21-10-17(23)22-9-12-2-4-13(18)5-3-12/h2-8,11,21H,9-10H2,1H3,(H,22,23)/t11-/m1/s1. The van der Waals surface area contributed by atoms with E-state index in [1.165, 1.54) is 24.3 Å². The fraction of sp³-hybridized carbons (Fsp3) is 0.235. The van der Waals surface area contributed by atoms with Gasteiger partial charge in [-0.15, -0.1) is 0 Å². The van der Waals surface area contributed by atoms with E-state index in [1.54, 1.807) is 19.1 Å². The molecule has 0 heterocycles. The van der Waals surface area contributed by atoms with E-state index in [2.05, 4.69) is 10.6 Å². The average molecular weight is 322 g/mol. The smallest absolute Gasteiger partial charge is 0.234 e. The predicted molar refractivity (Wildman–Crippen MR) is 81.0 cm³/mol. The average Bonchev–Trinajstić information content (AvgIpc) is 2.52. The van der Waals surface area contributed by atoms with E-state index in [0.29, 0.717) is 0 Å². The number of halogens is 3. The number of benzene rings is 2. The third-order valence-corrected chi connectivity index (χ3v) is 3.40. The summed E-state index contributed by atoms with van der Waals surface area (Å²) >= 11 is 0. The molecule has 2 N–H and O–H groups in total. The van der Waals surface area contributed by atoms with Gasteiger partial charge in [0.2, 0.25) is 5.91 Å². The molecule has 0 saturated heterocycles. The second kappa shape index (κ2) is 7.78. The molecule has 3 nitrogen and oxygen atoms in total. The Labute approximate surface area is 132 Å². The summed E-state index contributed by atoms with van der Waals surface area (Å²) in [5.41, 5.74) is 1.06. The fourth-order valence-corrected chi connectivity index (χ4v) is 2.07. The van der Waals surface area contributed by atoms with Crippen LogP contribution in [0, 0.1) is 17.5 Å². The van der Waals surface area contributed by atoms with Gasteiger partial charge in [0.05, 0.1) is 6.54 Å². The summed E-state index contributed by atoms with van der Waals surface area (Å²) in [6.45, 7) is 1.95. The Bertz CT molecular complexity index is 674. The molecule has 1 amide bonds. The normalized spacial score (nSPS) is 12.0. The molecule has 2 aromatic carbocycles. The fourth-order valence-electron chi connectivity index (χ4n) is 2.07. The van der Waals surface area contributed by atoms with Gasteiger partial charge in [-0.3, -0.25) is 4.79 Å². The Hall–Kier alpha value is -2.34. The zero-order valence-electron chi connectivity index (χ0n) is 12.6. The molecule has 2 rings (SSSR count). The molecule has 1 atom stereocenters. The second-order valence-corrected chi connectivity index (χ2v) is 5.17. The Morgan fingerprint density at radius 1 is 1.04 bits per heavy atom. The number of amides is 1. The molecule has 0 unspecified atom stereocenters. The number of carbonyl (C=O) groups is 1. The van der Waals surface area contributed by atoms with Gasteiger partial charge >= 0.3 is 0 Å². The van der Waals surface area contributed by atoms with Crippen LogP contribution in [0.15, 0.2) is 42.5 Å². The molecule has 2 aromatic rings. The lowest BCUT2D eigenvalue weighted by Crippen LogP contribution is -2.34. The van der Waals surface area contributed by atoms with E-state index in [0.717, 1.165) is 11.6 Å². The van der Waals surface area contributed by atoms with Crippen molar-refractivity contribution in [2.24, 2.45) is 0 Å². The minimum absolute atomic E-state index is 0.0147. The minimum Gasteiger partial charge on any atom is -0.351 e. The maximum atomic E-state index is 13.6. The quantitative estimate of drug-likeness (QED) is 0.858. The molecular formula is C17H17F3N2O. The molecule has 0 aliphatic rings. The summed E-state index contributed by atoms with van der Waals surface area (Å²) in [6.07, 6.45) is 0. The summed E-state index contributed by atoms with van der Waals surface area (Å²) < 4.78 is 39.2. The molecular weight excluding hydrogens is 305 g/mol. The Balaban J connectivity index is 1.80. The number of rotatable bonds is 6. The molecule has 0 radical (unpaired) electrons. The number of hydrogen-bond acceptors (Lipinski definition) is 2. The SMILES string of the molecule is C[C@@H](NCC(=O)NCc1ccc(F)cc1)c1ccc(F)cc1F. The Morgan fingerprint density at radius 2 is 1.70 bits per heavy atom. The summed E-state index contributed by atoms with van der Waals surface area (Å²) in [5, 5.41) is 5.54. The van der Waals surface area contributed by atoms with Crippen LogP contribution < -0.4 is 10.6 Å². The first-order valence-corrected chi connectivity index (χ1v) is 7.15. The highest BCUT2D eigenvalue weighted by molar-refractivity contribution is 5.78. The third-order valence-electron chi connectivity index (χ3n) is 3.40. The van der Waals surface area contributed by atoms with Crippen molar-refractivity contribution in [3.8, 4) is 0 Å². The molecule has 0 spiro atoms. The third kappa shape index (κ3) is 5.10. The van der Waals surface area contributed by atoms with Crippen molar-refractivity contribution in [1.82, 2.24) is 10.6 Å².